The molecule has 0 bridgehead atoms. The first-order valence-corrected chi connectivity index (χ1v) is 9.10. The number of para-hydroxylation sites is 1. The molecule has 2 aromatic rings. The van der Waals surface area contributed by atoms with E-state index >= 15 is 0 Å². The van der Waals surface area contributed by atoms with Crippen LogP contribution in [0.1, 0.15) is 18.5 Å². The summed E-state index contributed by atoms with van der Waals surface area (Å²) in [6.45, 7) is 1.80. The molecule has 0 spiro atoms. The molecule has 2 rings (SSSR count). The third-order valence-corrected chi connectivity index (χ3v) is 6.90. The number of hydrogen-bond donors (Lipinski definition) is 2. The summed E-state index contributed by atoms with van der Waals surface area (Å²) >= 11 is 10.1. The minimum absolute atomic E-state index is 0.147. The minimum atomic E-state index is -3.67. The normalized spacial score (nSPS) is 13.2. The molecular formula is C12H12BrClN2O2S2. The highest BCUT2D eigenvalue weighted by atomic mass is 79.9. The summed E-state index contributed by atoms with van der Waals surface area (Å²) in [6, 6.07) is 8.18. The van der Waals surface area contributed by atoms with Crippen molar-refractivity contribution in [2.24, 2.45) is 5.73 Å². The zero-order valence-electron chi connectivity index (χ0n) is 10.4. The van der Waals surface area contributed by atoms with Crippen molar-refractivity contribution in [3.8, 4) is 0 Å². The van der Waals surface area contributed by atoms with Gasteiger partial charge in [-0.05, 0) is 40.5 Å². The summed E-state index contributed by atoms with van der Waals surface area (Å²) in [5, 5.41) is 0.371. The Morgan fingerprint density at radius 3 is 2.60 bits per heavy atom. The lowest BCUT2D eigenvalue weighted by molar-refractivity contribution is 0.603. The number of thiophene rings is 1. The van der Waals surface area contributed by atoms with E-state index in [1.54, 1.807) is 25.1 Å². The van der Waals surface area contributed by atoms with Crippen molar-refractivity contribution in [1.82, 2.24) is 0 Å². The summed E-state index contributed by atoms with van der Waals surface area (Å²) in [5.74, 6) is 0. The number of anilines is 1. The summed E-state index contributed by atoms with van der Waals surface area (Å²) in [5.41, 5.74) is 7.05. The number of nitrogens with one attached hydrogen (secondary N) is 1. The lowest BCUT2D eigenvalue weighted by atomic mass is 10.1. The fraction of sp³-hybridized carbons (Fsp3) is 0.167. The molecule has 0 aliphatic heterocycles. The number of hydrogen-bond acceptors (Lipinski definition) is 4. The van der Waals surface area contributed by atoms with Gasteiger partial charge in [0.25, 0.3) is 10.0 Å². The molecule has 108 valence electrons. The van der Waals surface area contributed by atoms with Gasteiger partial charge in [-0.3, -0.25) is 4.72 Å². The van der Waals surface area contributed by atoms with E-state index in [1.165, 1.54) is 6.07 Å². The molecule has 0 amide bonds. The smallest absolute Gasteiger partial charge is 0.271 e. The van der Waals surface area contributed by atoms with Crippen LogP contribution in [0.3, 0.4) is 0 Å². The standard InChI is InChI=1S/C12H12BrClN2O2S2/c1-7(15)8-4-2-3-5-10(8)16-20(17,18)11-6-9(14)12(13)19-11/h2-7,16H,15H2,1H3. The number of halogens is 2. The number of benzene rings is 1. The van der Waals surface area contributed by atoms with Crippen molar-refractivity contribution in [1.29, 1.82) is 0 Å². The Morgan fingerprint density at radius 1 is 1.40 bits per heavy atom. The topological polar surface area (TPSA) is 72.2 Å². The molecule has 0 radical (unpaired) electrons. The van der Waals surface area contributed by atoms with E-state index in [9.17, 15) is 8.42 Å². The molecule has 1 aromatic heterocycles. The molecule has 3 N–H and O–H groups in total. The molecule has 0 aliphatic carbocycles. The van der Waals surface area contributed by atoms with E-state index in [1.807, 2.05) is 6.07 Å². The quantitative estimate of drug-likeness (QED) is 0.822. The highest BCUT2D eigenvalue weighted by Crippen LogP contribution is 2.35. The Kier molecular flexibility index (Phi) is 4.76. The van der Waals surface area contributed by atoms with Crippen LogP contribution in [0.2, 0.25) is 5.02 Å². The van der Waals surface area contributed by atoms with Gasteiger partial charge in [0.15, 0.2) is 0 Å². The molecule has 4 nitrogen and oxygen atoms in total. The average Bonchev–Trinajstić information content (AvgIpc) is 2.70. The van der Waals surface area contributed by atoms with Gasteiger partial charge in [-0.1, -0.05) is 29.8 Å². The van der Waals surface area contributed by atoms with Gasteiger partial charge in [0.05, 0.1) is 14.5 Å². The third-order valence-electron chi connectivity index (χ3n) is 2.58. The number of nitrogens with two attached hydrogens (primary N) is 1. The van der Waals surface area contributed by atoms with Crippen LogP contribution in [0.15, 0.2) is 38.3 Å². The largest absolute Gasteiger partial charge is 0.324 e. The van der Waals surface area contributed by atoms with Crippen molar-refractivity contribution in [2.45, 2.75) is 17.2 Å². The van der Waals surface area contributed by atoms with Crippen LogP contribution in [0.25, 0.3) is 0 Å². The lowest BCUT2D eigenvalue weighted by Gasteiger charge is -2.13. The lowest BCUT2D eigenvalue weighted by Crippen LogP contribution is -2.15. The van der Waals surface area contributed by atoms with E-state index in [-0.39, 0.29) is 10.3 Å². The zero-order chi connectivity index (χ0) is 14.9. The molecule has 0 saturated carbocycles. The fourth-order valence-corrected chi connectivity index (χ4v) is 5.13. The molecule has 0 saturated heterocycles. The maximum absolute atomic E-state index is 12.3. The van der Waals surface area contributed by atoms with Crippen LogP contribution >= 0.6 is 38.9 Å². The van der Waals surface area contributed by atoms with E-state index in [0.29, 0.717) is 14.5 Å². The Balaban J connectivity index is 2.38. The van der Waals surface area contributed by atoms with Gasteiger partial charge in [-0.25, -0.2) is 8.42 Å². The van der Waals surface area contributed by atoms with Gasteiger partial charge in [0, 0.05) is 6.04 Å². The van der Waals surface area contributed by atoms with Crippen LogP contribution in [-0.2, 0) is 10.0 Å². The van der Waals surface area contributed by atoms with Crippen LogP contribution in [0.5, 0.6) is 0 Å². The molecule has 8 heteroatoms. The first-order valence-electron chi connectivity index (χ1n) is 5.63. The molecule has 1 aromatic carbocycles. The Labute approximate surface area is 135 Å². The van der Waals surface area contributed by atoms with Crippen molar-refractivity contribution in [3.05, 3.63) is 44.7 Å². The first-order chi connectivity index (χ1) is 9.31. The second-order valence-corrected chi connectivity index (χ2v) is 8.86. The minimum Gasteiger partial charge on any atom is -0.324 e. The highest BCUT2D eigenvalue weighted by Gasteiger charge is 2.20. The number of rotatable bonds is 4. The molecular weight excluding hydrogens is 384 g/mol. The third kappa shape index (κ3) is 3.35. The van der Waals surface area contributed by atoms with E-state index in [0.717, 1.165) is 16.9 Å². The predicted octanol–water partition coefficient (Wildman–Crippen LogP) is 3.98. The monoisotopic (exact) mass is 394 g/mol. The van der Waals surface area contributed by atoms with Crippen molar-refractivity contribution >= 4 is 54.6 Å². The van der Waals surface area contributed by atoms with Gasteiger partial charge in [-0.15, -0.1) is 11.3 Å². The average molecular weight is 396 g/mol. The zero-order valence-corrected chi connectivity index (χ0v) is 14.4. The van der Waals surface area contributed by atoms with Gasteiger partial charge in [0.1, 0.15) is 4.21 Å². The van der Waals surface area contributed by atoms with Crippen molar-refractivity contribution in [2.75, 3.05) is 4.72 Å². The highest BCUT2D eigenvalue weighted by molar-refractivity contribution is 9.11. The summed E-state index contributed by atoms with van der Waals surface area (Å²) in [6.07, 6.45) is 0. The van der Waals surface area contributed by atoms with Gasteiger partial charge in [0.2, 0.25) is 0 Å². The van der Waals surface area contributed by atoms with Crippen LogP contribution in [0, 0.1) is 0 Å². The van der Waals surface area contributed by atoms with Crippen molar-refractivity contribution in [3.63, 3.8) is 0 Å². The molecule has 0 fully saturated rings. The number of sulfonamides is 1. The van der Waals surface area contributed by atoms with Crippen LogP contribution in [-0.4, -0.2) is 8.42 Å². The summed E-state index contributed by atoms with van der Waals surface area (Å²) < 4.78 is 27.9. The Bertz CT molecular complexity index is 709. The molecule has 20 heavy (non-hydrogen) atoms. The van der Waals surface area contributed by atoms with Crippen LogP contribution in [0.4, 0.5) is 5.69 Å². The maximum atomic E-state index is 12.3. The van der Waals surface area contributed by atoms with E-state index in [2.05, 4.69) is 20.7 Å². The SMILES string of the molecule is CC(N)c1ccccc1NS(=O)(=O)c1cc(Cl)c(Br)s1. The van der Waals surface area contributed by atoms with E-state index < -0.39 is 10.0 Å². The maximum Gasteiger partial charge on any atom is 0.271 e. The van der Waals surface area contributed by atoms with Gasteiger partial charge in [-0.2, -0.15) is 0 Å². The molecule has 1 heterocycles. The van der Waals surface area contributed by atoms with E-state index in [4.69, 9.17) is 17.3 Å². The van der Waals surface area contributed by atoms with Crippen LogP contribution < -0.4 is 10.5 Å². The van der Waals surface area contributed by atoms with Gasteiger partial charge < -0.3 is 5.73 Å². The Morgan fingerprint density at radius 2 is 2.05 bits per heavy atom. The summed E-state index contributed by atoms with van der Waals surface area (Å²) in [4.78, 5) is 0. The summed E-state index contributed by atoms with van der Waals surface area (Å²) in [7, 11) is -3.67. The molecule has 1 unspecified atom stereocenters. The first kappa shape index (κ1) is 15.8. The second-order valence-electron chi connectivity index (χ2n) is 4.17. The Hall–Kier alpha value is -0.600. The molecule has 1 atom stereocenters. The molecule has 0 aliphatic rings. The van der Waals surface area contributed by atoms with Gasteiger partial charge >= 0.3 is 0 Å². The van der Waals surface area contributed by atoms with Crippen molar-refractivity contribution < 1.29 is 8.42 Å². The fourth-order valence-electron chi connectivity index (χ4n) is 1.64. The predicted molar refractivity (Wildman–Crippen MR) is 86.9 cm³/mol. The second kappa shape index (κ2) is 6.03.